The molecule has 0 spiro atoms. The molecule has 1 saturated heterocycles. The first kappa shape index (κ1) is 11.7. The van der Waals surface area contributed by atoms with Gasteiger partial charge in [-0.25, -0.2) is 0 Å². The highest BCUT2D eigenvalue weighted by Crippen LogP contribution is 2.21. The fourth-order valence-corrected chi connectivity index (χ4v) is 2.16. The summed E-state index contributed by atoms with van der Waals surface area (Å²) in [4.78, 5) is 13.4. The van der Waals surface area contributed by atoms with Gasteiger partial charge in [-0.15, -0.1) is 0 Å². The van der Waals surface area contributed by atoms with Crippen LogP contribution in [-0.4, -0.2) is 41.5 Å². The monoisotopic (exact) mass is 199 g/mol. The summed E-state index contributed by atoms with van der Waals surface area (Å²) in [5, 5.41) is 8.97. The number of carbonyl (C=O) groups is 1. The lowest BCUT2D eigenvalue weighted by Crippen LogP contribution is -2.35. The molecule has 1 aliphatic rings. The maximum atomic E-state index is 11.0. The van der Waals surface area contributed by atoms with Crippen molar-refractivity contribution < 1.29 is 9.90 Å². The van der Waals surface area contributed by atoms with Gasteiger partial charge in [0, 0.05) is 25.6 Å². The largest absolute Gasteiger partial charge is 0.396 e. The van der Waals surface area contributed by atoms with Gasteiger partial charge in [-0.1, -0.05) is 6.92 Å². The number of Topliss-reactive ketones (excluding diaryl/α,β-unsaturated/α-hetero) is 1. The van der Waals surface area contributed by atoms with Crippen molar-refractivity contribution >= 4 is 5.78 Å². The third kappa shape index (κ3) is 3.39. The Hall–Kier alpha value is -0.410. The number of hydrogen-bond acceptors (Lipinski definition) is 3. The van der Waals surface area contributed by atoms with Crippen LogP contribution in [0.1, 0.15) is 33.1 Å². The average Bonchev–Trinajstić information content (AvgIpc) is 2.52. The first-order valence-electron chi connectivity index (χ1n) is 5.47. The maximum Gasteiger partial charge on any atom is 0.131 e. The standard InChI is InChI=1S/C11H21NO2/c1-9(8-13)7-12-5-3-4-11(12)6-10(2)14/h9,11,13H,3-8H2,1-2H3. The van der Waals surface area contributed by atoms with E-state index in [1.165, 1.54) is 6.42 Å². The molecular formula is C11H21NO2. The molecule has 2 atom stereocenters. The minimum Gasteiger partial charge on any atom is -0.396 e. The molecule has 1 fully saturated rings. The van der Waals surface area contributed by atoms with E-state index in [0.29, 0.717) is 18.4 Å². The minimum atomic E-state index is 0.239. The Bertz CT molecular complexity index is 194. The second kappa shape index (κ2) is 5.47. The van der Waals surface area contributed by atoms with Gasteiger partial charge in [0.25, 0.3) is 0 Å². The molecule has 0 radical (unpaired) electrons. The fourth-order valence-electron chi connectivity index (χ4n) is 2.16. The molecule has 1 aliphatic heterocycles. The van der Waals surface area contributed by atoms with Gasteiger partial charge in [0.1, 0.15) is 5.78 Å². The topological polar surface area (TPSA) is 40.5 Å². The first-order chi connectivity index (χ1) is 6.63. The van der Waals surface area contributed by atoms with Crippen LogP contribution in [-0.2, 0) is 4.79 Å². The van der Waals surface area contributed by atoms with Crippen molar-refractivity contribution in [3.8, 4) is 0 Å². The van der Waals surface area contributed by atoms with E-state index in [9.17, 15) is 4.79 Å². The predicted molar refractivity (Wildman–Crippen MR) is 56.1 cm³/mol. The molecule has 3 heteroatoms. The van der Waals surface area contributed by atoms with Crippen LogP contribution in [0.2, 0.25) is 0 Å². The van der Waals surface area contributed by atoms with Crippen LogP contribution in [0.3, 0.4) is 0 Å². The van der Waals surface area contributed by atoms with Crippen molar-refractivity contribution in [2.45, 2.75) is 39.2 Å². The summed E-state index contributed by atoms with van der Waals surface area (Å²) in [6.07, 6.45) is 3.01. The van der Waals surface area contributed by atoms with E-state index in [0.717, 1.165) is 19.5 Å². The Morgan fingerprint density at radius 2 is 2.36 bits per heavy atom. The van der Waals surface area contributed by atoms with E-state index in [-0.39, 0.29) is 12.4 Å². The van der Waals surface area contributed by atoms with Crippen LogP contribution >= 0.6 is 0 Å². The highest BCUT2D eigenvalue weighted by molar-refractivity contribution is 5.76. The van der Waals surface area contributed by atoms with Crippen LogP contribution in [0.15, 0.2) is 0 Å². The Kier molecular flexibility index (Phi) is 4.55. The highest BCUT2D eigenvalue weighted by Gasteiger charge is 2.26. The van der Waals surface area contributed by atoms with Crippen molar-refractivity contribution in [3.63, 3.8) is 0 Å². The lowest BCUT2D eigenvalue weighted by Gasteiger charge is -2.25. The van der Waals surface area contributed by atoms with Crippen LogP contribution < -0.4 is 0 Å². The molecule has 0 aromatic heterocycles. The number of nitrogens with zero attached hydrogens (tertiary/aromatic N) is 1. The third-order valence-electron chi connectivity index (χ3n) is 2.88. The Labute approximate surface area is 86.1 Å². The van der Waals surface area contributed by atoms with Crippen LogP contribution in [0, 0.1) is 5.92 Å². The number of rotatable bonds is 5. The van der Waals surface area contributed by atoms with E-state index in [1.807, 2.05) is 6.92 Å². The number of hydrogen-bond donors (Lipinski definition) is 1. The van der Waals surface area contributed by atoms with Gasteiger partial charge in [0.2, 0.25) is 0 Å². The molecule has 2 unspecified atom stereocenters. The molecule has 1 N–H and O–H groups in total. The van der Waals surface area contributed by atoms with Crippen LogP contribution in [0.4, 0.5) is 0 Å². The summed E-state index contributed by atoms with van der Waals surface area (Å²) in [6.45, 7) is 5.95. The molecule has 0 aliphatic carbocycles. The lowest BCUT2D eigenvalue weighted by molar-refractivity contribution is -0.118. The molecule has 0 amide bonds. The average molecular weight is 199 g/mol. The van der Waals surface area contributed by atoms with Gasteiger partial charge >= 0.3 is 0 Å². The van der Waals surface area contributed by atoms with Crippen molar-refractivity contribution in [3.05, 3.63) is 0 Å². The normalized spacial score (nSPS) is 25.2. The summed E-state index contributed by atoms with van der Waals surface area (Å²) in [7, 11) is 0. The summed E-state index contributed by atoms with van der Waals surface area (Å²) in [5.74, 6) is 0.598. The molecule has 0 bridgehead atoms. The molecule has 14 heavy (non-hydrogen) atoms. The quantitative estimate of drug-likeness (QED) is 0.719. The van der Waals surface area contributed by atoms with E-state index in [4.69, 9.17) is 5.11 Å². The Balaban J connectivity index is 2.38. The third-order valence-corrected chi connectivity index (χ3v) is 2.88. The van der Waals surface area contributed by atoms with Crippen molar-refractivity contribution in [1.29, 1.82) is 0 Å². The number of ketones is 1. The fraction of sp³-hybridized carbons (Fsp3) is 0.909. The SMILES string of the molecule is CC(=O)CC1CCCN1CC(C)CO. The molecule has 1 rings (SSSR count). The number of carbonyl (C=O) groups excluding carboxylic acids is 1. The van der Waals surface area contributed by atoms with E-state index in [1.54, 1.807) is 6.92 Å². The lowest BCUT2D eigenvalue weighted by atomic mass is 10.1. The Morgan fingerprint density at radius 1 is 1.64 bits per heavy atom. The highest BCUT2D eigenvalue weighted by atomic mass is 16.3. The zero-order chi connectivity index (χ0) is 10.6. The summed E-state index contributed by atoms with van der Waals surface area (Å²) in [5.41, 5.74) is 0. The molecule has 0 aromatic carbocycles. The summed E-state index contributed by atoms with van der Waals surface area (Å²) < 4.78 is 0. The van der Waals surface area contributed by atoms with Crippen LogP contribution in [0.5, 0.6) is 0 Å². The van der Waals surface area contributed by atoms with Crippen LogP contribution in [0.25, 0.3) is 0 Å². The van der Waals surface area contributed by atoms with Crippen molar-refractivity contribution in [1.82, 2.24) is 4.90 Å². The zero-order valence-corrected chi connectivity index (χ0v) is 9.20. The molecular weight excluding hydrogens is 178 g/mol. The maximum absolute atomic E-state index is 11.0. The molecule has 0 aromatic rings. The van der Waals surface area contributed by atoms with E-state index < -0.39 is 0 Å². The molecule has 1 heterocycles. The van der Waals surface area contributed by atoms with Gasteiger partial charge < -0.3 is 5.11 Å². The van der Waals surface area contributed by atoms with Gasteiger partial charge in [-0.05, 0) is 32.2 Å². The first-order valence-corrected chi connectivity index (χ1v) is 5.47. The van der Waals surface area contributed by atoms with Gasteiger partial charge in [0.05, 0.1) is 0 Å². The molecule has 82 valence electrons. The van der Waals surface area contributed by atoms with Crippen molar-refractivity contribution in [2.24, 2.45) is 5.92 Å². The van der Waals surface area contributed by atoms with Gasteiger partial charge in [-0.3, -0.25) is 9.69 Å². The minimum absolute atomic E-state index is 0.239. The van der Waals surface area contributed by atoms with Gasteiger partial charge in [-0.2, -0.15) is 0 Å². The second-order valence-corrected chi connectivity index (χ2v) is 4.48. The van der Waals surface area contributed by atoms with E-state index >= 15 is 0 Å². The number of likely N-dealkylation sites (tertiary alicyclic amines) is 1. The van der Waals surface area contributed by atoms with E-state index in [2.05, 4.69) is 4.90 Å². The Morgan fingerprint density at radius 3 is 2.93 bits per heavy atom. The number of aliphatic hydroxyl groups is 1. The smallest absolute Gasteiger partial charge is 0.131 e. The number of aliphatic hydroxyl groups excluding tert-OH is 1. The summed E-state index contributed by atoms with van der Waals surface area (Å²) >= 11 is 0. The summed E-state index contributed by atoms with van der Waals surface area (Å²) in [6, 6.07) is 0.432. The van der Waals surface area contributed by atoms with Crippen molar-refractivity contribution in [2.75, 3.05) is 19.7 Å². The second-order valence-electron chi connectivity index (χ2n) is 4.48. The predicted octanol–water partition coefficient (Wildman–Crippen LogP) is 1.06. The molecule has 0 saturated carbocycles. The zero-order valence-electron chi connectivity index (χ0n) is 9.20. The van der Waals surface area contributed by atoms with Gasteiger partial charge in [0.15, 0.2) is 0 Å². The molecule has 3 nitrogen and oxygen atoms in total.